The molecule has 3 rings (SSSR count). The number of nitrogens with one attached hydrogen (secondary N) is 1. The van der Waals surface area contributed by atoms with Gasteiger partial charge in [-0.15, -0.1) is 0 Å². The van der Waals surface area contributed by atoms with Gasteiger partial charge in [0.15, 0.2) is 5.78 Å². The number of carbonyl (C=O) groups is 2. The highest BCUT2D eigenvalue weighted by atomic mass is 19.4. The summed E-state index contributed by atoms with van der Waals surface area (Å²) in [6.07, 6.45) is -3.62. The third kappa shape index (κ3) is 5.08. The molecule has 0 unspecified atom stereocenters. The molecule has 29 heavy (non-hydrogen) atoms. The number of hydrogen-bond acceptors (Lipinski definition) is 6. The van der Waals surface area contributed by atoms with E-state index in [0.717, 1.165) is 12.4 Å². The number of nitrogens with zero attached hydrogens (tertiary/aromatic N) is 4. The van der Waals surface area contributed by atoms with Gasteiger partial charge in [-0.25, -0.2) is 9.97 Å². The molecular weight excluding hydrogens is 387 g/mol. The summed E-state index contributed by atoms with van der Waals surface area (Å²) in [6, 6.07) is 7.60. The zero-order chi connectivity index (χ0) is 21.2. The average molecular weight is 407 g/mol. The lowest BCUT2D eigenvalue weighted by Crippen LogP contribution is -2.59. The van der Waals surface area contributed by atoms with E-state index < -0.39 is 11.9 Å². The normalized spacial score (nSPS) is 14.6. The van der Waals surface area contributed by atoms with E-state index in [0.29, 0.717) is 24.3 Å². The smallest absolute Gasteiger partial charge is 0.353 e. The maximum atomic E-state index is 12.8. The third-order valence-electron chi connectivity index (χ3n) is 4.70. The molecule has 1 fully saturated rings. The quantitative estimate of drug-likeness (QED) is 0.742. The fourth-order valence-corrected chi connectivity index (χ4v) is 2.97. The summed E-state index contributed by atoms with van der Waals surface area (Å²) in [7, 11) is 1.77. The zero-order valence-corrected chi connectivity index (χ0v) is 15.9. The Kier molecular flexibility index (Phi) is 5.83. The van der Waals surface area contributed by atoms with Crippen LogP contribution in [-0.4, -0.2) is 59.3 Å². The van der Waals surface area contributed by atoms with Crippen LogP contribution in [0.3, 0.4) is 0 Å². The number of aromatic nitrogens is 2. The lowest BCUT2D eigenvalue weighted by atomic mass is 10.1. The molecule has 0 atom stereocenters. The Balaban J connectivity index is 1.52. The molecule has 0 bridgehead atoms. The Morgan fingerprint density at radius 3 is 2.62 bits per heavy atom. The van der Waals surface area contributed by atoms with Crippen molar-refractivity contribution in [3.8, 4) is 0 Å². The van der Waals surface area contributed by atoms with Crippen LogP contribution < -0.4 is 10.2 Å². The van der Waals surface area contributed by atoms with Gasteiger partial charge in [-0.05, 0) is 26.1 Å². The predicted molar refractivity (Wildman–Crippen MR) is 101 cm³/mol. The van der Waals surface area contributed by atoms with Gasteiger partial charge in [0, 0.05) is 36.4 Å². The number of amides is 1. The van der Waals surface area contributed by atoms with Crippen molar-refractivity contribution < 1.29 is 22.8 Å². The molecule has 0 aliphatic carbocycles. The minimum atomic E-state index is -4.52. The summed E-state index contributed by atoms with van der Waals surface area (Å²) in [5.41, 5.74) is 0.0624. The maximum Gasteiger partial charge on any atom is 0.433 e. The van der Waals surface area contributed by atoms with Crippen molar-refractivity contribution in [1.82, 2.24) is 14.9 Å². The van der Waals surface area contributed by atoms with Gasteiger partial charge in [-0.2, -0.15) is 13.2 Å². The molecule has 1 aliphatic rings. The number of halogens is 3. The molecule has 0 saturated carbocycles. The Morgan fingerprint density at radius 1 is 1.24 bits per heavy atom. The van der Waals surface area contributed by atoms with E-state index >= 15 is 0 Å². The van der Waals surface area contributed by atoms with E-state index in [4.69, 9.17) is 0 Å². The first-order valence-electron chi connectivity index (χ1n) is 8.89. The van der Waals surface area contributed by atoms with Crippen molar-refractivity contribution in [2.75, 3.05) is 36.9 Å². The van der Waals surface area contributed by atoms with Crippen LogP contribution in [0.15, 0.2) is 36.7 Å². The predicted octanol–water partition coefficient (Wildman–Crippen LogP) is 2.46. The number of Topliss-reactive ketones (excluding diaryl/α,β-unsaturated/α-hetero) is 1. The summed E-state index contributed by atoms with van der Waals surface area (Å²) < 4.78 is 38.3. The largest absolute Gasteiger partial charge is 0.433 e. The van der Waals surface area contributed by atoms with E-state index in [1.807, 2.05) is 4.90 Å². The number of anilines is 2. The molecule has 154 valence electrons. The van der Waals surface area contributed by atoms with Gasteiger partial charge in [0.2, 0.25) is 5.91 Å². The lowest BCUT2D eigenvalue weighted by molar-refractivity contribution is -0.141. The summed E-state index contributed by atoms with van der Waals surface area (Å²) >= 11 is 0. The van der Waals surface area contributed by atoms with Crippen molar-refractivity contribution >= 4 is 23.2 Å². The van der Waals surface area contributed by atoms with Crippen molar-refractivity contribution in [1.29, 1.82) is 0 Å². The molecule has 1 aromatic carbocycles. The molecule has 1 N–H and O–H groups in total. The topological polar surface area (TPSA) is 78.4 Å². The maximum absolute atomic E-state index is 12.8. The SMILES string of the molecule is CC(=O)c1cccc(NC(=O)CN(C)C2CN(c3cc(C(F)(F)F)ncn3)C2)c1. The van der Waals surface area contributed by atoms with Crippen LogP contribution in [0, 0.1) is 0 Å². The second kappa shape index (κ2) is 8.16. The van der Waals surface area contributed by atoms with Gasteiger partial charge in [0.25, 0.3) is 0 Å². The van der Waals surface area contributed by atoms with Crippen LogP contribution in [0.4, 0.5) is 24.7 Å². The molecule has 0 spiro atoms. The molecule has 1 saturated heterocycles. The first-order valence-corrected chi connectivity index (χ1v) is 8.89. The van der Waals surface area contributed by atoms with Crippen molar-refractivity contribution in [2.45, 2.75) is 19.1 Å². The summed E-state index contributed by atoms with van der Waals surface area (Å²) in [5.74, 6) is -0.123. The molecule has 1 aromatic heterocycles. The zero-order valence-electron chi connectivity index (χ0n) is 15.9. The van der Waals surface area contributed by atoms with E-state index in [2.05, 4.69) is 15.3 Å². The highest BCUT2D eigenvalue weighted by Crippen LogP contribution is 2.30. The molecule has 1 amide bonds. The Morgan fingerprint density at radius 2 is 1.97 bits per heavy atom. The summed E-state index contributed by atoms with van der Waals surface area (Å²) in [5, 5.41) is 2.75. The molecule has 2 heterocycles. The molecule has 7 nitrogen and oxygen atoms in total. The molecule has 2 aromatic rings. The fourth-order valence-electron chi connectivity index (χ4n) is 2.97. The monoisotopic (exact) mass is 407 g/mol. The Bertz CT molecular complexity index is 913. The Hall–Kier alpha value is -3.01. The number of alkyl halides is 3. The van der Waals surface area contributed by atoms with Crippen LogP contribution in [-0.2, 0) is 11.0 Å². The number of rotatable bonds is 6. The molecule has 1 aliphatic heterocycles. The number of benzene rings is 1. The number of carbonyl (C=O) groups excluding carboxylic acids is 2. The standard InChI is InChI=1S/C19H20F3N5O2/c1-12(28)13-4-3-5-14(6-13)25-18(29)10-26(2)15-8-27(9-15)17-7-16(19(20,21)22)23-11-24-17/h3-7,11,15H,8-10H2,1-2H3,(H,25,29). The van der Waals surface area contributed by atoms with Crippen molar-refractivity contribution in [3.63, 3.8) is 0 Å². The lowest BCUT2D eigenvalue weighted by Gasteiger charge is -2.44. The second-order valence-corrected chi connectivity index (χ2v) is 6.92. The Labute approximate surface area is 165 Å². The van der Waals surface area contributed by atoms with Crippen LogP contribution in [0.1, 0.15) is 23.0 Å². The number of ketones is 1. The number of likely N-dealkylation sites (N-methyl/N-ethyl adjacent to an activating group) is 1. The van der Waals surface area contributed by atoms with Gasteiger partial charge >= 0.3 is 6.18 Å². The van der Waals surface area contributed by atoms with Crippen LogP contribution in [0.2, 0.25) is 0 Å². The van der Waals surface area contributed by atoms with Gasteiger partial charge in [0.05, 0.1) is 6.54 Å². The van der Waals surface area contributed by atoms with Crippen LogP contribution in [0.5, 0.6) is 0 Å². The summed E-state index contributed by atoms with van der Waals surface area (Å²) in [6.45, 7) is 2.47. The third-order valence-corrected chi connectivity index (χ3v) is 4.70. The minimum Gasteiger partial charge on any atom is -0.353 e. The van der Waals surface area contributed by atoms with Crippen molar-refractivity contribution in [2.24, 2.45) is 0 Å². The van der Waals surface area contributed by atoms with E-state index in [1.165, 1.54) is 6.92 Å². The van der Waals surface area contributed by atoms with E-state index in [1.54, 1.807) is 36.2 Å². The first kappa shape index (κ1) is 20.7. The van der Waals surface area contributed by atoms with Crippen molar-refractivity contribution in [3.05, 3.63) is 47.9 Å². The summed E-state index contributed by atoms with van der Waals surface area (Å²) in [4.78, 5) is 34.4. The number of hydrogen-bond donors (Lipinski definition) is 1. The van der Waals surface area contributed by atoms with Crippen LogP contribution in [0.25, 0.3) is 0 Å². The first-order chi connectivity index (χ1) is 13.6. The van der Waals surface area contributed by atoms with Gasteiger partial charge < -0.3 is 10.2 Å². The van der Waals surface area contributed by atoms with E-state index in [9.17, 15) is 22.8 Å². The minimum absolute atomic E-state index is 0.00797. The van der Waals surface area contributed by atoms with Crippen LogP contribution >= 0.6 is 0 Å². The molecular formula is C19H20F3N5O2. The van der Waals surface area contributed by atoms with Gasteiger partial charge in [0.1, 0.15) is 17.8 Å². The fraction of sp³-hybridized carbons (Fsp3) is 0.368. The van der Waals surface area contributed by atoms with Gasteiger partial charge in [-0.3, -0.25) is 14.5 Å². The highest BCUT2D eigenvalue weighted by molar-refractivity contribution is 5.97. The average Bonchev–Trinajstić information content (AvgIpc) is 2.60. The van der Waals surface area contributed by atoms with Gasteiger partial charge in [-0.1, -0.05) is 12.1 Å². The second-order valence-electron chi connectivity index (χ2n) is 6.92. The molecule has 0 radical (unpaired) electrons. The highest BCUT2D eigenvalue weighted by Gasteiger charge is 2.36. The molecule has 10 heteroatoms. The van der Waals surface area contributed by atoms with E-state index in [-0.39, 0.29) is 30.1 Å².